The Labute approximate surface area is 140 Å². The molecular weight excluding hydrogens is 304 g/mol. The highest BCUT2D eigenvalue weighted by Crippen LogP contribution is 2.39. The molecule has 2 aliphatic heterocycles. The van der Waals surface area contributed by atoms with Gasteiger partial charge >= 0.3 is 0 Å². The molecule has 4 rings (SSSR count). The van der Waals surface area contributed by atoms with Crippen molar-refractivity contribution in [1.29, 1.82) is 0 Å². The largest absolute Gasteiger partial charge is 0.454 e. The molecule has 2 heterocycles. The Morgan fingerprint density at radius 1 is 1.17 bits per heavy atom. The van der Waals surface area contributed by atoms with E-state index in [1.54, 1.807) is 11.9 Å². The Bertz CT molecular complexity index is 844. The number of amides is 1. The van der Waals surface area contributed by atoms with Crippen molar-refractivity contribution in [3.8, 4) is 11.5 Å². The minimum Gasteiger partial charge on any atom is -0.454 e. The fourth-order valence-electron chi connectivity index (χ4n) is 3.24. The number of benzene rings is 2. The van der Waals surface area contributed by atoms with E-state index in [1.165, 1.54) is 0 Å². The first-order valence-corrected chi connectivity index (χ1v) is 7.96. The molecule has 0 radical (unpaired) electrons. The van der Waals surface area contributed by atoms with Crippen molar-refractivity contribution >= 4 is 11.6 Å². The van der Waals surface area contributed by atoms with Crippen LogP contribution in [0.1, 0.15) is 36.1 Å². The van der Waals surface area contributed by atoms with Crippen LogP contribution < -0.4 is 9.47 Å². The number of hydrogen-bond acceptors (Lipinski definition) is 4. The average molecular weight is 322 g/mol. The summed E-state index contributed by atoms with van der Waals surface area (Å²) in [6.07, 6.45) is 0.685. The highest BCUT2D eigenvalue weighted by atomic mass is 16.7. The van der Waals surface area contributed by atoms with Gasteiger partial charge in [0.2, 0.25) is 12.7 Å². The molecule has 0 bridgehead atoms. The molecule has 0 unspecified atom stereocenters. The number of carbonyl (C=O) groups excluding carboxylic acids is 1. The molecule has 0 aromatic heterocycles. The Balaban J connectivity index is 1.70. The fraction of sp³-hybridized carbons (Fsp3) is 0.263. The van der Waals surface area contributed by atoms with E-state index in [0.29, 0.717) is 6.42 Å². The van der Waals surface area contributed by atoms with E-state index in [1.807, 2.05) is 30.3 Å². The molecule has 1 amide bonds. The predicted molar refractivity (Wildman–Crippen MR) is 90.2 cm³/mol. The summed E-state index contributed by atoms with van der Waals surface area (Å²) in [6.45, 7) is 3.85. The zero-order valence-electron chi connectivity index (χ0n) is 13.7. The van der Waals surface area contributed by atoms with Gasteiger partial charge in [0.05, 0.1) is 11.8 Å². The van der Waals surface area contributed by atoms with Gasteiger partial charge in [-0.15, -0.1) is 0 Å². The lowest BCUT2D eigenvalue weighted by Gasteiger charge is -2.20. The number of hydrogen-bond donors (Lipinski definition) is 0. The van der Waals surface area contributed by atoms with Gasteiger partial charge in [0.1, 0.15) is 0 Å². The van der Waals surface area contributed by atoms with Crippen molar-refractivity contribution in [2.24, 2.45) is 5.10 Å². The van der Waals surface area contributed by atoms with E-state index in [2.05, 4.69) is 24.2 Å². The standard InChI is InChI=1S/C19H18N2O3/c1-12-5-3-4-6-15(12)16-10-17(21(20-16)13(2)22)14-7-8-18-19(9-14)24-11-23-18/h3-9,17H,10-11H2,1-2H3/t17-/m1/s1. The summed E-state index contributed by atoms with van der Waals surface area (Å²) >= 11 is 0. The predicted octanol–water partition coefficient (Wildman–Crippen LogP) is 3.42. The van der Waals surface area contributed by atoms with Gasteiger partial charge in [-0.3, -0.25) is 4.79 Å². The van der Waals surface area contributed by atoms with Crippen LogP contribution in [0.2, 0.25) is 0 Å². The molecule has 2 aromatic carbocycles. The summed E-state index contributed by atoms with van der Waals surface area (Å²) in [6, 6.07) is 13.8. The van der Waals surface area contributed by atoms with Gasteiger partial charge in [0, 0.05) is 18.9 Å². The number of ether oxygens (including phenoxy) is 2. The number of aryl methyl sites for hydroxylation is 1. The van der Waals surface area contributed by atoms with E-state index < -0.39 is 0 Å². The second-order valence-corrected chi connectivity index (χ2v) is 6.06. The van der Waals surface area contributed by atoms with Crippen molar-refractivity contribution < 1.29 is 14.3 Å². The molecule has 2 aromatic rings. The molecule has 2 aliphatic rings. The molecule has 5 nitrogen and oxygen atoms in total. The van der Waals surface area contributed by atoms with Crippen LogP contribution in [0.25, 0.3) is 0 Å². The lowest BCUT2D eigenvalue weighted by molar-refractivity contribution is -0.130. The van der Waals surface area contributed by atoms with Gasteiger partial charge in [0.15, 0.2) is 11.5 Å². The van der Waals surface area contributed by atoms with Crippen LogP contribution in [0.4, 0.5) is 0 Å². The van der Waals surface area contributed by atoms with Gasteiger partial charge in [-0.25, -0.2) is 5.01 Å². The van der Waals surface area contributed by atoms with Gasteiger partial charge in [-0.05, 0) is 30.2 Å². The van der Waals surface area contributed by atoms with Crippen molar-refractivity contribution in [1.82, 2.24) is 5.01 Å². The Morgan fingerprint density at radius 2 is 1.96 bits per heavy atom. The molecule has 0 spiro atoms. The summed E-state index contributed by atoms with van der Waals surface area (Å²) in [5.41, 5.74) is 4.19. The third-order valence-electron chi connectivity index (χ3n) is 4.47. The Morgan fingerprint density at radius 3 is 2.75 bits per heavy atom. The zero-order chi connectivity index (χ0) is 16.7. The van der Waals surface area contributed by atoms with E-state index in [9.17, 15) is 4.79 Å². The second kappa shape index (κ2) is 5.67. The van der Waals surface area contributed by atoms with E-state index >= 15 is 0 Å². The SMILES string of the molecule is CC(=O)N1N=C(c2ccccc2C)C[C@@H]1c1ccc2c(c1)OCO2. The van der Waals surface area contributed by atoms with Crippen LogP contribution in [0.3, 0.4) is 0 Å². The van der Waals surface area contributed by atoms with Crippen molar-refractivity contribution in [2.75, 3.05) is 6.79 Å². The first-order chi connectivity index (χ1) is 11.6. The average Bonchev–Trinajstić information content (AvgIpc) is 3.21. The normalized spacial score (nSPS) is 18.7. The molecule has 0 N–H and O–H groups in total. The number of nitrogens with zero attached hydrogens (tertiary/aromatic N) is 2. The van der Waals surface area contributed by atoms with Crippen molar-refractivity contribution in [2.45, 2.75) is 26.3 Å². The highest BCUT2D eigenvalue weighted by Gasteiger charge is 2.32. The minimum atomic E-state index is -0.119. The Kier molecular flexibility index (Phi) is 3.49. The number of hydrazone groups is 1. The molecule has 1 atom stereocenters. The van der Waals surface area contributed by atoms with Crippen LogP contribution in [-0.2, 0) is 4.79 Å². The number of rotatable bonds is 2. The Hall–Kier alpha value is -2.82. The molecule has 24 heavy (non-hydrogen) atoms. The lowest BCUT2D eigenvalue weighted by Crippen LogP contribution is -2.24. The van der Waals surface area contributed by atoms with Gasteiger partial charge < -0.3 is 9.47 Å². The molecule has 0 aliphatic carbocycles. The third-order valence-corrected chi connectivity index (χ3v) is 4.47. The number of carbonyl (C=O) groups is 1. The summed E-state index contributed by atoms with van der Waals surface area (Å²) in [5, 5.41) is 6.17. The van der Waals surface area contributed by atoms with Crippen LogP contribution >= 0.6 is 0 Å². The highest BCUT2D eigenvalue weighted by molar-refractivity contribution is 6.04. The maximum atomic E-state index is 12.1. The van der Waals surface area contributed by atoms with E-state index in [0.717, 1.165) is 33.9 Å². The van der Waals surface area contributed by atoms with Crippen molar-refractivity contribution in [3.05, 3.63) is 59.2 Å². The van der Waals surface area contributed by atoms with Crippen LogP contribution in [0, 0.1) is 6.92 Å². The molecule has 0 saturated heterocycles. The van der Waals surface area contributed by atoms with Crippen molar-refractivity contribution in [3.63, 3.8) is 0 Å². The van der Waals surface area contributed by atoms with E-state index in [-0.39, 0.29) is 18.7 Å². The van der Waals surface area contributed by atoms with E-state index in [4.69, 9.17) is 9.47 Å². The van der Waals surface area contributed by atoms with Gasteiger partial charge in [0.25, 0.3) is 0 Å². The summed E-state index contributed by atoms with van der Waals surface area (Å²) in [7, 11) is 0. The van der Waals surface area contributed by atoms with Crippen LogP contribution in [-0.4, -0.2) is 23.4 Å². The lowest BCUT2D eigenvalue weighted by atomic mass is 9.96. The summed E-state index contributed by atoms with van der Waals surface area (Å²) < 4.78 is 10.8. The van der Waals surface area contributed by atoms with Crippen LogP contribution in [0.15, 0.2) is 47.6 Å². The first kappa shape index (κ1) is 14.8. The van der Waals surface area contributed by atoms with Gasteiger partial charge in [-0.1, -0.05) is 30.3 Å². The zero-order valence-corrected chi connectivity index (χ0v) is 13.7. The second-order valence-electron chi connectivity index (χ2n) is 6.06. The first-order valence-electron chi connectivity index (χ1n) is 7.96. The molecule has 122 valence electrons. The smallest absolute Gasteiger partial charge is 0.240 e. The molecular formula is C19H18N2O3. The summed E-state index contributed by atoms with van der Waals surface area (Å²) in [4.78, 5) is 12.1. The topological polar surface area (TPSA) is 51.1 Å². The molecule has 0 fully saturated rings. The number of fused-ring (bicyclic) bond motifs is 1. The van der Waals surface area contributed by atoms with Gasteiger partial charge in [-0.2, -0.15) is 5.10 Å². The van der Waals surface area contributed by atoms with Crippen LogP contribution in [0.5, 0.6) is 11.5 Å². The summed E-state index contributed by atoms with van der Waals surface area (Å²) in [5.74, 6) is 1.40. The third kappa shape index (κ3) is 2.42. The molecule has 5 heteroatoms. The quantitative estimate of drug-likeness (QED) is 0.851. The monoisotopic (exact) mass is 322 g/mol. The maximum Gasteiger partial charge on any atom is 0.240 e. The maximum absolute atomic E-state index is 12.1. The fourth-order valence-corrected chi connectivity index (χ4v) is 3.24. The minimum absolute atomic E-state index is 0.0683. The molecule has 0 saturated carbocycles.